The Labute approximate surface area is 125 Å². The molecule has 1 atom stereocenters. The number of hydrogen-bond acceptors (Lipinski definition) is 5. The van der Waals surface area contributed by atoms with Crippen LogP contribution >= 0.6 is 11.3 Å². The third-order valence-electron chi connectivity index (χ3n) is 3.84. The molecule has 3 rings (SSSR count). The monoisotopic (exact) mass is 304 g/mol. The summed E-state index contributed by atoms with van der Waals surface area (Å²) in [6, 6.07) is 1.81. The third kappa shape index (κ3) is 2.44. The molecule has 0 bridgehead atoms. The van der Waals surface area contributed by atoms with Crippen molar-refractivity contribution in [1.29, 1.82) is 0 Å². The Balaban J connectivity index is 1.90. The van der Waals surface area contributed by atoms with E-state index in [-0.39, 0.29) is 17.7 Å². The molecule has 1 unspecified atom stereocenters. The molecule has 2 aromatic rings. The molecule has 7 heteroatoms. The van der Waals surface area contributed by atoms with Crippen LogP contribution < -0.4 is 11.5 Å². The van der Waals surface area contributed by atoms with Gasteiger partial charge in [0.1, 0.15) is 4.88 Å². The molecule has 3 heterocycles. The maximum atomic E-state index is 12.6. The number of thiophene rings is 1. The standard InChI is InChI=1S/C14H16N4O2S/c15-11-9-3-4-17-6-10(9)21-12(11)14(20)18-5-1-2-8(7-18)13(16)19/h3-4,6,8H,1-2,5,7,15H2,(H2,16,19). The van der Waals surface area contributed by atoms with Crippen LogP contribution in [0.15, 0.2) is 18.5 Å². The quantitative estimate of drug-likeness (QED) is 0.870. The minimum Gasteiger partial charge on any atom is -0.397 e. The first-order valence-corrected chi connectivity index (χ1v) is 7.60. The Morgan fingerprint density at radius 2 is 2.24 bits per heavy atom. The molecular weight excluding hydrogens is 288 g/mol. The van der Waals surface area contributed by atoms with E-state index in [1.165, 1.54) is 11.3 Å². The van der Waals surface area contributed by atoms with Crippen LogP contribution in [0.4, 0.5) is 5.69 Å². The number of carbonyl (C=O) groups is 2. The second kappa shape index (κ2) is 5.33. The number of nitrogens with two attached hydrogens (primary N) is 2. The van der Waals surface area contributed by atoms with Gasteiger partial charge in [-0.25, -0.2) is 0 Å². The fourth-order valence-electron chi connectivity index (χ4n) is 2.67. The lowest BCUT2D eigenvalue weighted by molar-refractivity contribution is -0.123. The fraction of sp³-hybridized carbons (Fsp3) is 0.357. The van der Waals surface area contributed by atoms with E-state index in [1.807, 2.05) is 0 Å². The van der Waals surface area contributed by atoms with Crippen molar-refractivity contribution in [3.05, 3.63) is 23.3 Å². The van der Waals surface area contributed by atoms with Gasteiger partial charge < -0.3 is 16.4 Å². The maximum absolute atomic E-state index is 12.6. The van der Waals surface area contributed by atoms with Crippen LogP contribution in [0.1, 0.15) is 22.5 Å². The predicted molar refractivity (Wildman–Crippen MR) is 81.9 cm³/mol. The van der Waals surface area contributed by atoms with E-state index in [0.29, 0.717) is 23.7 Å². The maximum Gasteiger partial charge on any atom is 0.266 e. The van der Waals surface area contributed by atoms with E-state index in [1.54, 1.807) is 23.4 Å². The van der Waals surface area contributed by atoms with Crippen molar-refractivity contribution >= 4 is 38.9 Å². The molecule has 0 aliphatic carbocycles. The second-order valence-corrected chi connectivity index (χ2v) is 6.26. The topological polar surface area (TPSA) is 102 Å². The van der Waals surface area contributed by atoms with Crippen LogP contribution in [0, 0.1) is 5.92 Å². The number of pyridine rings is 1. The van der Waals surface area contributed by atoms with Crippen molar-refractivity contribution < 1.29 is 9.59 Å². The second-order valence-electron chi connectivity index (χ2n) is 5.21. The fourth-order valence-corrected chi connectivity index (χ4v) is 3.73. The highest BCUT2D eigenvalue weighted by atomic mass is 32.1. The van der Waals surface area contributed by atoms with Crippen molar-refractivity contribution in [3.8, 4) is 0 Å². The van der Waals surface area contributed by atoms with E-state index in [9.17, 15) is 9.59 Å². The van der Waals surface area contributed by atoms with Gasteiger partial charge in [0, 0.05) is 30.9 Å². The van der Waals surface area contributed by atoms with Gasteiger partial charge in [-0.2, -0.15) is 0 Å². The van der Waals surface area contributed by atoms with E-state index in [2.05, 4.69) is 4.98 Å². The number of nitrogen functional groups attached to an aromatic ring is 1. The number of rotatable bonds is 2. The van der Waals surface area contributed by atoms with E-state index in [4.69, 9.17) is 11.5 Å². The summed E-state index contributed by atoms with van der Waals surface area (Å²) >= 11 is 1.34. The molecular formula is C14H16N4O2S. The van der Waals surface area contributed by atoms with Gasteiger partial charge in [-0.15, -0.1) is 11.3 Å². The summed E-state index contributed by atoms with van der Waals surface area (Å²) < 4.78 is 0.891. The molecule has 0 radical (unpaired) electrons. The molecule has 4 N–H and O–H groups in total. The lowest BCUT2D eigenvalue weighted by Gasteiger charge is -2.31. The van der Waals surface area contributed by atoms with Gasteiger partial charge in [0.05, 0.1) is 16.3 Å². The minimum absolute atomic E-state index is 0.125. The number of carbonyl (C=O) groups excluding carboxylic acids is 2. The van der Waals surface area contributed by atoms with Crippen LogP contribution in [0.2, 0.25) is 0 Å². The molecule has 2 amide bonds. The molecule has 0 saturated carbocycles. The van der Waals surface area contributed by atoms with Gasteiger partial charge in [0.15, 0.2) is 0 Å². The first kappa shape index (κ1) is 13.8. The first-order valence-electron chi connectivity index (χ1n) is 6.78. The van der Waals surface area contributed by atoms with Crippen LogP contribution in [-0.4, -0.2) is 34.8 Å². The highest BCUT2D eigenvalue weighted by Gasteiger charge is 2.29. The predicted octanol–water partition coefficient (Wildman–Crippen LogP) is 1.22. The summed E-state index contributed by atoms with van der Waals surface area (Å²) in [5.74, 6) is -0.736. The van der Waals surface area contributed by atoms with Gasteiger partial charge in [0.2, 0.25) is 5.91 Å². The molecule has 6 nitrogen and oxygen atoms in total. The first-order chi connectivity index (χ1) is 10.1. The zero-order valence-electron chi connectivity index (χ0n) is 11.4. The molecule has 1 fully saturated rings. The van der Waals surface area contributed by atoms with Crippen molar-refractivity contribution in [3.63, 3.8) is 0 Å². The number of hydrogen-bond donors (Lipinski definition) is 2. The number of nitrogens with zero attached hydrogens (tertiary/aromatic N) is 2. The van der Waals surface area contributed by atoms with Crippen LogP contribution in [0.3, 0.4) is 0 Å². The van der Waals surface area contributed by atoms with Gasteiger partial charge >= 0.3 is 0 Å². The molecule has 0 aromatic carbocycles. The number of aromatic nitrogens is 1. The number of amides is 2. The Morgan fingerprint density at radius 3 is 2.95 bits per heavy atom. The highest BCUT2D eigenvalue weighted by Crippen LogP contribution is 2.34. The molecule has 0 spiro atoms. The number of primary amides is 1. The van der Waals surface area contributed by atoms with Gasteiger partial charge in [0.25, 0.3) is 5.91 Å². The molecule has 2 aromatic heterocycles. The third-order valence-corrected chi connectivity index (χ3v) is 4.98. The largest absolute Gasteiger partial charge is 0.397 e. The lowest BCUT2D eigenvalue weighted by atomic mass is 9.97. The normalized spacial score (nSPS) is 18.9. The van der Waals surface area contributed by atoms with Crippen LogP contribution in [-0.2, 0) is 4.79 Å². The average molecular weight is 304 g/mol. The van der Waals surface area contributed by atoms with E-state index in [0.717, 1.165) is 22.9 Å². The minimum atomic E-state index is -0.346. The Hall–Kier alpha value is -2.15. The van der Waals surface area contributed by atoms with Crippen molar-refractivity contribution in [1.82, 2.24) is 9.88 Å². The van der Waals surface area contributed by atoms with Gasteiger partial charge in [-0.05, 0) is 18.9 Å². The number of anilines is 1. The zero-order chi connectivity index (χ0) is 15.0. The molecule has 1 aliphatic rings. The van der Waals surface area contributed by atoms with Crippen LogP contribution in [0.5, 0.6) is 0 Å². The van der Waals surface area contributed by atoms with Crippen molar-refractivity contribution in [2.75, 3.05) is 18.8 Å². The SMILES string of the molecule is NC(=O)C1CCCN(C(=O)c2sc3cnccc3c2N)C1. The Bertz CT molecular complexity index is 712. The lowest BCUT2D eigenvalue weighted by Crippen LogP contribution is -2.44. The number of piperidine rings is 1. The summed E-state index contributed by atoms with van der Waals surface area (Å²) in [5, 5.41) is 0.849. The van der Waals surface area contributed by atoms with Gasteiger partial charge in [-0.3, -0.25) is 14.6 Å². The van der Waals surface area contributed by atoms with Crippen LogP contribution in [0.25, 0.3) is 10.1 Å². The van der Waals surface area contributed by atoms with Crippen molar-refractivity contribution in [2.45, 2.75) is 12.8 Å². The summed E-state index contributed by atoms with van der Waals surface area (Å²) in [4.78, 5) is 30.2. The molecule has 110 valence electrons. The van der Waals surface area contributed by atoms with Gasteiger partial charge in [-0.1, -0.05) is 0 Å². The number of fused-ring (bicyclic) bond motifs is 1. The van der Waals surface area contributed by atoms with Crippen molar-refractivity contribution in [2.24, 2.45) is 11.7 Å². The highest BCUT2D eigenvalue weighted by molar-refractivity contribution is 7.21. The summed E-state index contributed by atoms with van der Waals surface area (Å²) in [7, 11) is 0. The summed E-state index contributed by atoms with van der Waals surface area (Å²) in [6.45, 7) is 1.01. The van der Waals surface area contributed by atoms with E-state index >= 15 is 0 Å². The Kier molecular flexibility index (Phi) is 3.50. The molecule has 21 heavy (non-hydrogen) atoms. The Morgan fingerprint density at radius 1 is 1.43 bits per heavy atom. The molecule has 1 saturated heterocycles. The van der Waals surface area contributed by atoms with E-state index < -0.39 is 0 Å². The average Bonchev–Trinajstić information content (AvgIpc) is 2.84. The smallest absolute Gasteiger partial charge is 0.266 e. The summed E-state index contributed by atoms with van der Waals surface area (Å²) in [6.07, 6.45) is 4.88. The zero-order valence-corrected chi connectivity index (χ0v) is 12.2. The molecule has 1 aliphatic heterocycles. The summed E-state index contributed by atoms with van der Waals surface area (Å²) in [5.41, 5.74) is 11.9. The number of likely N-dealkylation sites (tertiary alicyclic amines) is 1.